The molecule has 0 spiro atoms. The fourth-order valence-electron chi connectivity index (χ4n) is 1.51. The van der Waals surface area contributed by atoms with Gasteiger partial charge in [0.1, 0.15) is 0 Å². The number of benzene rings is 1. The molecule has 0 aliphatic heterocycles. The van der Waals surface area contributed by atoms with E-state index >= 15 is 0 Å². The molecule has 2 aromatic rings. The Morgan fingerprint density at radius 1 is 1.35 bits per heavy atom. The predicted octanol–water partition coefficient (Wildman–Crippen LogP) is 2.31. The molecule has 0 aliphatic rings. The highest BCUT2D eigenvalue weighted by Gasteiger charge is 2.29. The molecule has 4 nitrogen and oxygen atoms in total. The van der Waals surface area contributed by atoms with Crippen molar-refractivity contribution >= 4 is 0 Å². The van der Waals surface area contributed by atoms with Crippen LogP contribution in [0.3, 0.4) is 0 Å². The third kappa shape index (κ3) is 2.31. The summed E-state index contributed by atoms with van der Waals surface area (Å²) in [4.78, 5) is 3.94. The van der Waals surface area contributed by atoms with Gasteiger partial charge in [0, 0.05) is 18.1 Å². The van der Waals surface area contributed by atoms with E-state index in [2.05, 4.69) is 10.1 Å². The van der Waals surface area contributed by atoms with E-state index in [0.29, 0.717) is 0 Å². The first-order chi connectivity index (χ1) is 8.02. The van der Waals surface area contributed by atoms with Crippen LogP contribution in [0.2, 0.25) is 0 Å². The molecule has 1 aromatic heterocycles. The van der Waals surface area contributed by atoms with Crippen LogP contribution in [0.5, 0.6) is 0 Å². The maximum atomic E-state index is 13.4. The van der Waals surface area contributed by atoms with Gasteiger partial charge in [-0.3, -0.25) is 0 Å². The van der Waals surface area contributed by atoms with Crippen molar-refractivity contribution in [3.63, 3.8) is 0 Å². The van der Waals surface area contributed by atoms with Crippen LogP contribution in [-0.4, -0.2) is 10.1 Å². The van der Waals surface area contributed by atoms with Crippen LogP contribution >= 0.6 is 0 Å². The van der Waals surface area contributed by atoms with Crippen LogP contribution in [0.1, 0.15) is 18.4 Å². The van der Waals surface area contributed by atoms with Gasteiger partial charge in [0.25, 0.3) is 5.92 Å². The Labute approximate surface area is 96.4 Å². The Balaban J connectivity index is 2.52. The second-order valence-electron chi connectivity index (χ2n) is 3.65. The molecule has 0 radical (unpaired) electrons. The molecule has 1 heterocycles. The topological polar surface area (TPSA) is 64.9 Å². The lowest BCUT2D eigenvalue weighted by Gasteiger charge is -2.13. The Bertz CT molecular complexity index is 519. The van der Waals surface area contributed by atoms with E-state index in [1.54, 1.807) is 12.1 Å². The van der Waals surface area contributed by atoms with Crippen LogP contribution in [0.4, 0.5) is 8.78 Å². The van der Waals surface area contributed by atoms with Gasteiger partial charge in [-0.05, 0) is 0 Å². The summed E-state index contributed by atoms with van der Waals surface area (Å²) < 4.78 is 31.6. The van der Waals surface area contributed by atoms with Gasteiger partial charge in [-0.1, -0.05) is 29.4 Å². The summed E-state index contributed by atoms with van der Waals surface area (Å²) in [5, 5.41) is 3.63. The van der Waals surface area contributed by atoms with E-state index in [4.69, 9.17) is 10.3 Å². The van der Waals surface area contributed by atoms with Crippen LogP contribution in [0.25, 0.3) is 11.4 Å². The van der Waals surface area contributed by atoms with Crippen molar-refractivity contribution in [2.24, 2.45) is 5.73 Å². The number of halogens is 2. The van der Waals surface area contributed by atoms with E-state index in [1.807, 2.05) is 0 Å². The zero-order chi connectivity index (χ0) is 12.5. The number of rotatable bonds is 3. The van der Waals surface area contributed by atoms with Gasteiger partial charge in [-0.2, -0.15) is 4.98 Å². The minimum absolute atomic E-state index is 0.0810. The van der Waals surface area contributed by atoms with Crippen molar-refractivity contribution in [2.45, 2.75) is 19.4 Å². The molecular formula is C11H11F2N3O. The zero-order valence-corrected chi connectivity index (χ0v) is 9.15. The molecule has 0 atom stereocenters. The lowest BCUT2D eigenvalue weighted by Crippen LogP contribution is -2.09. The van der Waals surface area contributed by atoms with Crippen LogP contribution in [0.15, 0.2) is 28.8 Å². The molecule has 6 heteroatoms. The number of nitrogens with two attached hydrogens (primary N) is 1. The smallest absolute Gasteiger partial charge is 0.271 e. The lowest BCUT2D eigenvalue weighted by atomic mass is 10.0. The van der Waals surface area contributed by atoms with Gasteiger partial charge in [0.15, 0.2) is 0 Å². The van der Waals surface area contributed by atoms with Gasteiger partial charge in [-0.15, -0.1) is 0 Å². The summed E-state index contributed by atoms with van der Waals surface area (Å²) in [7, 11) is 0. The zero-order valence-electron chi connectivity index (χ0n) is 9.15. The Kier molecular flexibility index (Phi) is 2.89. The first-order valence-corrected chi connectivity index (χ1v) is 5.02. The summed E-state index contributed by atoms with van der Waals surface area (Å²) in [6.07, 6.45) is 0. The van der Waals surface area contributed by atoms with Crippen molar-refractivity contribution in [2.75, 3.05) is 0 Å². The SMILES string of the molecule is CC(F)(F)c1ccccc1-c1noc(CN)n1. The molecule has 0 unspecified atom stereocenters. The maximum Gasteiger partial charge on any atom is 0.271 e. The van der Waals surface area contributed by atoms with Gasteiger partial charge in [-0.25, -0.2) is 8.78 Å². The number of hydrogen-bond acceptors (Lipinski definition) is 4. The predicted molar refractivity (Wildman–Crippen MR) is 57.2 cm³/mol. The molecule has 0 saturated carbocycles. The third-order valence-corrected chi connectivity index (χ3v) is 2.28. The summed E-state index contributed by atoms with van der Waals surface area (Å²) in [5.41, 5.74) is 5.44. The molecule has 2 N–H and O–H groups in total. The quantitative estimate of drug-likeness (QED) is 0.892. The Morgan fingerprint density at radius 3 is 2.65 bits per heavy atom. The first-order valence-electron chi connectivity index (χ1n) is 5.02. The van der Waals surface area contributed by atoms with Crippen molar-refractivity contribution in [1.29, 1.82) is 0 Å². The van der Waals surface area contributed by atoms with E-state index in [1.165, 1.54) is 12.1 Å². The molecular weight excluding hydrogens is 228 g/mol. The largest absolute Gasteiger partial charge is 0.338 e. The first kappa shape index (κ1) is 11.7. The fraction of sp³-hybridized carbons (Fsp3) is 0.273. The number of hydrogen-bond donors (Lipinski definition) is 1. The highest BCUT2D eigenvalue weighted by atomic mass is 19.3. The van der Waals surface area contributed by atoms with Crippen LogP contribution < -0.4 is 5.73 Å². The van der Waals surface area contributed by atoms with Crippen LogP contribution in [0, 0.1) is 0 Å². The fourth-order valence-corrected chi connectivity index (χ4v) is 1.51. The standard InChI is InChI=1S/C11H11F2N3O/c1-11(12,13)8-5-3-2-4-7(8)10-15-9(6-14)17-16-10/h2-5H,6,14H2,1H3. The monoisotopic (exact) mass is 239 g/mol. The average Bonchev–Trinajstić information content (AvgIpc) is 2.76. The minimum atomic E-state index is -2.96. The van der Waals surface area contributed by atoms with Crippen molar-refractivity contribution in [3.8, 4) is 11.4 Å². The summed E-state index contributed by atoms with van der Waals surface area (Å²) in [6, 6.07) is 6.05. The summed E-state index contributed by atoms with van der Waals surface area (Å²) in [6.45, 7) is 0.910. The molecule has 90 valence electrons. The molecule has 2 rings (SSSR count). The van der Waals surface area contributed by atoms with Gasteiger partial charge in [0.05, 0.1) is 6.54 Å². The average molecular weight is 239 g/mol. The molecule has 0 amide bonds. The van der Waals surface area contributed by atoms with Crippen molar-refractivity contribution in [3.05, 3.63) is 35.7 Å². The van der Waals surface area contributed by atoms with Crippen LogP contribution in [-0.2, 0) is 12.5 Å². The van der Waals surface area contributed by atoms with Crippen molar-refractivity contribution in [1.82, 2.24) is 10.1 Å². The van der Waals surface area contributed by atoms with E-state index < -0.39 is 5.92 Å². The Hall–Kier alpha value is -1.82. The van der Waals surface area contributed by atoms with Crippen molar-refractivity contribution < 1.29 is 13.3 Å². The molecule has 17 heavy (non-hydrogen) atoms. The second kappa shape index (κ2) is 4.21. The molecule has 1 aromatic carbocycles. The molecule has 0 aliphatic carbocycles. The van der Waals surface area contributed by atoms with E-state index in [9.17, 15) is 8.78 Å². The second-order valence-corrected chi connectivity index (χ2v) is 3.65. The molecule has 0 fully saturated rings. The van der Waals surface area contributed by atoms with E-state index in [-0.39, 0.29) is 29.4 Å². The Morgan fingerprint density at radius 2 is 2.06 bits per heavy atom. The normalized spacial score (nSPS) is 11.8. The summed E-state index contributed by atoms with van der Waals surface area (Å²) >= 11 is 0. The number of aromatic nitrogens is 2. The number of alkyl halides is 2. The maximum absolute atomic E-state index is 13.4. The molecule has 0 saturated heterocycles. The van der Waals surface area contributed by atoms with Gasteiger partial charge >= 0.3 is 0 Å². The summed E-state index contributed by atoms with van der Waals surface area (Å²) in [5.74, 6) is -2.61. The van der Waals surface area contributed by atoms with Gasteiger partial charge in [0.2, 0.25) is 11.7 Å². The number of nitrogens with zero attached hydrogens (tertiary/aromatic N) is 2. The van der Waals surface area contributed by atoms with E-state index in [0.717, 1.165) is 6.92 Å². The van der Waals surface area contributed by atoms with Gasteiger partial charge < -0.3 is 10.3 Å². The third-order valence-electron chi connectivity index (χ3n) is 2.28. The highest BCUT2D eigenvalue weighted by Crippen LogP contribution is 2.34. The minimum Gasteiger partial charge on any atom is -0.338 e. The lowest BCUT2D eigenvalue weighted by molar-refractivity contribution is 0.0180. The highest BCUT2D eigenvalue weighted by molar-refractivity contribution is 5.60. The molecule has 0 bridgehead atoms.